The molecule has 2 heterocycles. The minimum Gasteiger partial charge on any atom is -0.454 e. The first kappa shape index (κ1) is 23.0. The van der Waals surface area contributed by atoms with Gasteiger partial charge < -0.3 is 24.4 Å². The monoisotopic (exact) mass is 480 g/mol. The molecule has 3 aromatic rings. The average molecular weight is 480 g/mol. The van der Waals surface area contributed by atoms with Crippen LogP contribution in [0.1, 0.15) is 37.3 Å². The van der Waals surface area contributed by atoms with Crippen LogP contribution in [0.5, 0.6) is 11.5 Å². The molecule has 1 aliphatic heterocycles. The van der Waals surface area contributed by atoms with Gasteiger partial charge in [0.2, 0.25) is 6.79 Å². The molecule has 1 aromatic heterocycles. The summed E-state index contributed by atoms with van der Waals surface area (Å²) in [7, 11) is 1.56. The van der Waals surface area contributed by atoms with E-state index < -0.39 is 18.5 Å². The van der Waals surface area contributed by atoms with Crippen molar-refractivity contribution in [1.82, 2.24) is 0 Å². The van der Waals surface area contributed by atoms with Crippen molar-refractivity contribution < 1.29 is 33.4 Å². The number of thiophene rings is 1. The molecule has 0 saturated heterocycles. The maximum atomic E-state index is 12.7. The van der Waals surface area contributed by atoms with Crippen molar-refractivity contribution in [3.8, 4) is 11.5 Å². The summed E-state index contributed by atoms with van der Waals surface area (Å²) < 4.78 is 15.7. The number of esters is 1. The summed E-state index contributed by atoms with van der Waals surface area (Å²) in [6, 6.07) is 12.9. The number of amides is 2. The second-order valence-corrected chi connectivity index (χ2v) is 8.24. The van der Waals surface area contributed by atoms with Gasteiger partial charge in [-0.15, -0.1) is 11.3 Å². The van der Waals surface area contributed by atoms with E-state index in [1.54, 1.807) is 42.8 Å². The summed E-state index contributed by atoms with van der Waals surface area (Å²) in [5.74, 6) is -1.16. The molecule has 0 radical (unpaired) electrons. The standard InChI is InChI=1S/C24H20N2O7S/c1-14(27)16-10-19-20(33-13-32-19)11-17(16)25-22(28)12-31-24(30)15-6-3-4-7-18(15)26(2)23(29)21-8-5-9-34-21/h3-11H,12-13H2,1-2H3,(H,25,28). The van der Waals surface area contributed by atoms with E-state index in [1.807, 2.05) is 0 Å². The van der Waals surface area contributed by atoms with Gasteiger partial charge >= 0.3 is 5.97 Å². The van der Waals surface area contributed by atoms with Crippen LogP contribution < -0.4 is 19.7 Å². The van der Waals surface area contributed by atoms with Gasteiger partial charge in [-0.25, -0.2) is 4.79 Å². The van der Waals surface area contributed by atoms with Gasteiger partial charge in [0, 0.05) is 18.7 Å². The number of carbonyl (C=O) groups is 4. The Balaban J connectivity index is 1.44. The van der Waals surface area contributed by atoms with E-state index in [-0.39, 0.29) is 35.3 Å². The number of hydrogen-bond acceptors (Lipinski definition) is 8. The van der Waals surface area contributed by atoms with Crippen molar-refractivity contribution in [3.05, 3.63) is 69.9 Å². The number of benzene rings is 2. The van der Waals surface area contributed by atoms with Crippen molar-refractivity contribution >= 4 is 46.3 Å². The second-order valence-electron chi connectivity index (χ2n) is 7.29. The Morgan fingerprint density at radius 3 is 2.47 bits per heavy atom. The molecular formula is C24H20N2O7S. The molecule has 1 N–H and O–H groups in total. The summed E-state index contributed by atoms with van der Waals surface area (Å²) in [6.07, 6.45) is 0. The number of ether oxygens (including phenoxy) is 3. The van der Waals surface area contributed by atoms with Crippen LogP contribution in [-0.2, 0) is 9.53 Å². The number of nitrogens with zero attached hydrogens (tertiary/aromatic N) is 1. The van der Waals surface area contributed by atoms with E-state index in [2.05, 4.69) is 5.32 Å². The number of ketones is 1. The van der Waals surface area contributed by atoms with Gasteiger partial charge in [0.1, 0.15) is 0 Å². The Bertz CT molecular complexity index is 1270. The topological polar surface area (TPSA) is 111 Å². The van der Waals surface area contributed by atoms with Gasteiger partial charge in [-0.1, -0.05) is 18.2 Å². The van der Waals surface area contributed by atoms with E-state index in [0.717, 1.165) is 0 Å². The molecule has 34 heavy (non-hydrogen) atoms. The third kappa shape index (κ3) is 4.76. The molecule has 0 aliphatic carbocycles. The van der Waals surface area contributed by atoms with Crippen molar-refractivity contribution in [1.29, 1.82) is 0 Å². The van der Waals surface area contributed by atoms with Gasteiger partial charge in [-0.2, -0.15) is 0 Å². The van der Waals surface area contributed by atoms with Crippen molar-refractivity contribution in [2.24, 2.45) is 0 Å². The summed E-state index contributed by atoms with van der Waals surface area (Å²) in [5, 5.41) is 4.36. The molecule has 2 aromatic carbocycles. The highest BCUT2D eigenvalue weighted by atomic mass is 32.1. The predicted molar refractivity (Wildman–Crippen MR) is 125 cm³/mol. The Kier molecular flexibility index (Phi) is 6.60. The number of anilines is 2. The Labute approximate surface area is 198 Å². The Hall–Kier alpha value is -4.18. The number of rotatable bonds is 7. The number of hydrogen-bond donors (Lipinski definition) is 1. The average Bonchev–Trinajstić information content (AvgIpc) is 3.53. The third-order valence-electron chi connectivity index (χ3n) is 5.02. The largest absolute Gasteiger partial charge is 0.454 e. The molecule has 0 atom stereocenters. The van der Waals surface area contributed by atoms with Crippen molar-refractivity contribution in [2.75, 3.05) is 30.7 Å². The van der Waals surface area contributed by atoms with E-state index >= 15 is 0 Å². The SMILES string of the molecule is CC(=O)c1cc2c(cc1NC(=O)COC(=O)c1ccccc1N(C)C(=O)c1cccs1)OCO2. The summed E-state index contributed by atoms with van der Waals surface area (Å²) in [5.41, 5.74) is 0.943. The molecule has 4 rings (SSSR count). The molecule has 10 heteroatoms. The summed E-state index contributed by atoms with van der Waals surface area (Å²) >= 11 is 1.29. The van der Waals surface area contributed by atoms with Crippen molar-refractivity contribution in [3.63, 3.8) is 0 Å². The van der Waals surface area contributed by atoms with Crippen LogP contribution in [0.25, 0.3) is 0 Å². The van der Waals surface area contributed by atoms with Crippen LogP contribution in [0, 0.1) is 0 Å². The molecule has 0 spiro atoms. The van der Waals surface area contributed by atoms with Gasteiger partial charge in [-0.05, 0) is 36.6 Å². The first-order valence-corrected chi connectivity index (χ1v) is 11.0. The first-order chi connectivity index (χ1) is 16.3. The fourth-order valence-corrected chi connectivity index (χ4v) is 4.04. The zero-order valence-electron chi connectivity index (χ0n) is 18.3. The quantitative estimate of drug-likeness (QED) is 0.405. The van der Waals surface area contributed by atoms with E-state index in [1.165, 1.54) is 41.4 Å². The third-order valence-corrected chi connectivity index (χ3v) is 5.88. The number of carbonyl (C=O) groups excluding carboxylic acids is 4. The first-order valence-electron chi connectivity index (χ1n) is 10.2. The van der Waals surface area contributed by atoms with Gasteiger partial charge in [-0.3, -0.25) is 14.4 Å². The smallest absolute Gasteiger partial charge is 0.340 e. The van der Waals surface area contributed by atoms with E-state index in [9.17, 15) is 19.2 Å². The van der Waals surface area contributed by atoms with E-state index in [4.69, 9.17) is 14.2 Å². The molecular weight excluding hydrogens is 460 g/mol. The van der Waals surface area contributed by atoms with Crippen LogP contribution in [-0.4, -0.2) is 44.0 Å². The van der Waals surface area contributed by atoms with Gasteiger partial charge in [0.05, 0.1) is 21.8 Å². The predicted octanol–water partition coefficient (Wildman–Crippen LogP) is 3.75. The van der Waals surface area contributed by atoms with Crippen LogP contribution in [0.2, 0.25) is 0 Å². The van der Waals surface area contributed by atoms with Gasteiger partial charge in [0.15, 0.2) is 23.9 Å². The molecule has 174 valence electrons. The lowest BCUT2D eigenvalue weighted by atomic mass is 10.1. The number of para-hydroxylation sites is 1. The normalized spacial score (nSPS) is 11.6. The van der Waals surface area contributed by atoms with Crippen LogP contribution in [0.3, 0.4) is 0 Å². The molecule has 2 amide bonds. The van der Waals surface area contributed by atoms with Crippen LogP contribution >= 0.6 is 11.3 Å². The lowest BCUT2D eigenvalue weighted by molar-refractivity contribution is -0.119. The highest BCUT2D eigenvalue weighted by Gasteiger charge is 2.23. The Morgan fingerprint density at radius 2 is 1.76 bits per heavy atom. The lowest BCUT2D eigenvalue weighted by Gasteiger charge is -2.19. The zero-order chi connectivity index (χ0) is 24.2. The molecule has 0 unspecified atom stereocenters. The minimum absolute atomic E-state index is 0.0184. The second kappa shape index (κ2) is 9.75. The molecule has 0 fully saturated rings. The number of fused-ring (bicyclic) bond motifs is 1. The molecule has 0 bridgehead atoms. The molecule has 9 nitrogen and oxygen atoms in total. The minimum atomic E-state index is -0.769. The number of Topliss-reactive ketones (excluding diaryl/α,β-unsaturated/α-hetero) is 1. The molecule has 0 saturated carbocycles. The highest BCUT2D eigenvalue weighted by molar-refractivity contribution is 7.12. The van der Waals surface area contributed by atoms with Crippen molar-refractivity contribution in [2.45, 2.75) is 6.92 Å². The fourth-order valence-electron chi connectivity index (χ4n) is 3.35. The highest BCUT2D eigenvalue weighted by Crippen LogP contribution is 2.37. The molecule has 1 aliphatic rings. The van der Waals surface area contributed by atoms with Gasteiger partial charge in [0.25, 0.3) is 11.8 Å². The lowest BCUT2D eigenvalue weighted by Crippen LogP contribution is -2.28. The Morgan fingerprint density at radius 1 is 1.03 bits per heavy atom. The fraction of sp³-hybridized carbons (Fsp3) is 0.167. The summed E-state index contributed by atoms with van der Waals surface area (Å²) in [4.78, 5) is 51.8. The van der Waals surface area contributed by atoms with Crippen LogP contribution in [0.4, 0.5) is 11.4 Å². The summed E-state index contributed by atoms with van der Waals surface area (Å²) in [6.45, 7) is 0.782. The van der Waals surface area contributed by atoms with E-state index in [0.29, 0.717) is 22.1 Å². The number of nitrogens with one attached hydrogen (secondary N) is 1. The zero-order valence-corrected chi connectivity index (χ0v) is 19.1. The maximum absolute atomic E-state index is 12.7. The van der Waals surface area contributed by atoms with Crippen LogP contribution in [0.15, 0.2) is 53.9 Å². The maximum Gasteiger partial charge on any atom is 0.340 e.